The van der Waals surface area contributed by atoms with Crippen LogP contribution in [0, 0.1) is 12.8 Å². The Hall–Kier alpha value is -2.64. The smallest absolute Gasteiger partial charge is 0.224 e. The van der Waals surface area contributed by atoms with Gasteiger partial charge in [-0.25, -0.2) is 0 Å². The van der Waals surface area contributed by atoms with E-state index in [4.69, 9.17) is 4.74 Å². The van der Waals surface area contributed by atoms with E-state index in [0.29, 0.717) is 18.6 Å². The van der Waals surface area contributed by atoms with Crippen molar-refractivity contribution in [3.8, 4) is 11.5 Å². The topological polar surface area (TPSA) is 86.1 Å². The zero-order valence-electron chi connectivity index (χ0n) is 20.4. The summed E-state index contributed by atoms with van der Waals surface area (Å²) in [5, 5.41) is 23.5. The number of rotatable bonds is 4. The van der Waals surface area contributed by atoms with Gasteiger partial charge in [0.15, 0.2) is 11.5 Å². The van der Waals surface area contributed by atoms with Gasteiger partial charge in [-0.2, -0.15) is 0 Å². The predicted molar refractivity (Wildman–Crippen MR) is 131 cm³/mol. The normalized spacial score (nSPS) is 34.8. The fraction of sp³-hybridized carbons (Fsp3) is 0.571. The number of aromatic nitrogens is 1. The number of aryl methyl sites for hydroxylation is 1. The molecule has 5 atom stereocenters. The van der Waals surface area contributed by atoms with Gasteiger partial charge in [0, 0.05) is 42.7 Å². The lowest BCUT2D eigenvalue weighted by molar-refractivity contribution is -0.190. The highest BCUT2D eigenvalue weighted by atomic mass is 16.5. The third kappa shape index (κ3) is 2.79. The fourth-order valence-corrected chi connectivity index (χ4v) is 8.01. The van der Waals surface area contributed by atoms with E-state index < -0.39 is 17.1 Å². The van der Waals surface area contributed by atoms with Crippen LogP contribution in [0.4, 0.5) is 5.69 Å². The number of pyridine rings is 1. The molecule has 3 aliphatic carbocycles. The molecule has 2 aliphatic heterocycles. The number of phenolic OH excluding ortho intramolecular Hbond substituents is 1. The molecule has 1 amide bonds. The maximum Gasteiger partial charge on any atom is 0.224 e. The number of phenols is 1. The molecule has 3 heterocycles. The Morgan fingerprint density at radius 2 is 2.09 bits per heavy atom. The Morgan fingerprint density at radius 1 is 1.26 bits per heavy atom. The Bertz CT molecular complexity index is 1230. The summed E-state index contributed by atoms with van der Waals surface area (Å²) in [5.74, 6) is 1.34. The molecule has 7 rings (SSSR count). The zero-order chi connectivity index (χ0) is 24.1. The lowest BCUT2D eigenvalue weighted by atomic mass is 9.48. The van der Waals surface area contributed by atoms with Crippen LogP contribution in [-0.2, 0) is 16.6 Å². The molecule has 3 fully saturated rings. The second-order valence-electron chi connectivity index (χ2n) is 11.4. The number of nitrogens with zero attached hydrogens (tertiary/aromatic N) is 3. The van der Waals surface area contributed by atoms with E-state index in [2.05, 4.69) is 9.88 Å². The summed E-state index contributed by atoms with van der Waals surface area (Å²) >= 11 is 0. The van der Waals surface area contributed by atoms with Crippen molar-refractivity contribution < 1.29 is 19.7 Å². The van der Waals surface area contributed by atoms with E-state index in [9.17, 15) is 15.0 Å². The standard InChI is InChI=1S/C28H33N3O4/c1-16-13-20(8-11-29-16)31(17(2)32)21-7-9-28(34)23-14-19-5-6-22(33)25-24(19)27(28,26(21)35-25)10-12-30(23)15-18-3-4-18/h5-6,8,11,13,18,21,23,26,33-34H,3-4,7,9-10,12,14-15H2,1-2H3/t21-,23-,26+,27+,28-/m1/s1. The van der Waals surface area contributed by atoms with E-state index in [1.54, 1.807) is 19.2 Å². The predicted octanol–water partition coefficient (Wildman–Crippen LogP) is 3.08. The molecule has 1 spiro atoms. The van der Waals surface area contributed by atoms with Crippen molar-refractivity contribution in [2.24, 2.45) is 5.92 Å². The summed E-state index contributed by atoms with van der Waals surface area (Å²) in [6, 6.07) is 7.35. The van der Waals surface area contributed by atoms with Crippen molar-refractivity contribution in [3.05, 3.63) is 47.3 Å². The fourth-order valence-electron chi connectivity index (χ4n) is 8.01. The lowest BCUT2D eigenvalue weighted by Crippen LogP contribution is -2.78. The van der Waals surface area contributed by atoms with Crippen LogP contribution in [0.2, 0.25) is 0 Å². The van der Waals surface area contributed by atoms with Crippen molar-refractivity contribution in [1.82, 2.24) is 9.88 Å². The van der Waals surface area contributed by atoms with Gasteiger partial charge in [0.1, 0.15) is 6.10 Å². The molecule has 35 heavy (non-hydrogen) atoms. The molecule has 1 saturated heterocycles. The Balaban J connectivity index is 1.38. The number of carbonyl (C=O) groups excluding carboxylic acids is 1. The number of likely N-dealkylation sites (tertiary alicyclic amines) is 1. The van der Waals surface area contributed by atoms with Gasteiger partial charge in [0.2, 0.25) is 5.91 Å². The number of carbonyl (C=O) groups is 1. The van der Waals surface area contributed by atoms with Crippen LogP contribution in [0.3, 0.4) is 0 Å². The van der Waals surface area contributed by atoms with E-state index in [0.717, 1.165) is 48.8 Å². The van der Waals surface area contributed by atoms with Gasteiger partial charge in [-0.3, -0.25) is 14.7 Å². The number of piperidine rings is 1. The first-order chi connectivity index (χ1) is 16.8. The first-order valence-corrected chi connectivity index (χ1v) is 13.0. The van der Waals surface area contributed by atoms with Crippen LogP contribution in [-0.4, -0.2) is 62.9 Å². The van der Waals surface area contributed by atoms with Gasteiger partial charge in [-0.05, 0) is 81.7 Å². The number of benzene rings is 1. The van der Waals surface area contributed by atoms with Gasteiger partial charge in [-0.1, -0.05) is 6.07 Å². The summed E-state index contributed by atoms with van der Waals surface area (Å²) < 4.78 is 6.66. The van der Waals surface area contributed by atoms with Crippen LogP contribution in [0.1, 0.15) is 55.8 Å². The minimum atomic E-state index is -0.954. The number of ether oxygens (including phenoxy) is 1. The Kier molecular flexibility index (Phi) is 4.45. The number of amides is 1. The molecular formula is C28H33N3O4. The molecule has 2 N–H and O–H groups in total. The summed E-state index contributed by atoms with van der Waals surface area (Å²) in [4.78, 5) is 21.8. The molecule has 1 aromatic heterocycles. The number of anilines is 1. The van der Waals surface area contributed by atoms with E-state index in [1.807, 2.05) is 30.0 Å². The van der Waals surface area contributed by atoms with Gasteiger partial charge >= 0.3 is 0 Å². The molecule has 0 unspecified atom stereocenters. The molecule has 7 heteroatoms. The van der Waals surface area contributed by atoms with E-state index >= 15 is 0 Å². The zero-order valence-corrected chi connectivity index (χ0v) is 20.4. The van der Waals surface area contributed by atoms with E-state index in [1.165, 1.54) is 18.4 Å². The summed E-state index contributed by atoms with van der Waals surface area (Å²) in [7, 11) is 0. The second-order valence-corrected chi connectivity index (χ2v) is 11.4. The van der Waals surface area contributed by atoms with Crippen LogP contribution in [0.25, 0.3) is 0 Å². The third-order valence-corrected chi connectivity index (χ3v) is 9.56. The highest BCUT2D eigenvalue weighted by Gasteiger charge is 2.73. The molecule has 2 aromatic rings. The van der Waals surface area contributed by atoms with Crippen molar-refractivity contribution in [3.63, 3.8) is 0 Å². The molecule has 7 nitrogen and oxygen atoms in total. The third-order valence-electron chi connectivity index (χ3n) is 9.56. The summed E-state index contributed by atoms with van der Waals surface area (Å²) in [6.07, 6.45) is 6.66. The van der Waals surface area contributed by atoms with Crippen LogP contribution in [0.5, 0.6) is 11.5 Å². The number of hydrogen-bond acceptors (Lipinski definition) is 6. The van der Waals surface area contributed by atoms with Gasteiger partial charge in [0.25, 0.3) is 0 Å². The maximum atomic E-state index is 13.1. The molecule has 2 bridgehead atoms. The van der Waals surface area contributed by atoms with Crippen molar-refractivity contribution in [2.75, 3.05) is 18.0 Å². The van der Waals surface area contributed by atoms with Gasteiger partial charge in [-0.15, -0.1) is 0 Å². The molecular weight excluding hydrogens is 442 g/mol. The largest absolute Gasteiger partial charge is 0.504 e. The quantitative estimate of drug-likeness (QED) is 0.707. The van der Waals surface area contributed by atoms with Crippen molar-refractivity contribution in [1.29, 1.82) is 0 Å². The first kappa shape index (κ1) is 21.6. The average Bonchev–Trinajstić information content (AvgIpc) is 3.56. The minimum Gasteiger partial charge on any atom is -0.504 e. The first-order valence-electron chi connectivity index (χ1n) is 13.0. The lowest BCUT2D eigenvalue weighted by Gasteiger charge is -2.64. The Morgan fingerprint density at radius 3 is 2.83 bits per heavy atom. The highest BCUT2D eigenvalue weighted by molar-refractivity contribution is 5.92. The van der Waals surface area contributed by atoms with E-state index in [-0.39, 0.29) is 23.7 Å². The highest BCUT2D eigenvalue weighted by Crippen LogP contribution is 2.66. The molecule has 5 aliphatic rings. The van der Waals surface area contributed by atoms with Crippen LogP contribution < -0.4 is 9.64 Å². The SMILES string of the molecule is CC(=O)N(c1ccnc(C)c1)[C@@H]1CC[C@@]2(O)[C@H]3Cc4ccc(O)c5c4[C@@]2(CCN3CC2CC2)[C@H]1O5. The summed E-state index contributed by atoms with van der Waals surface area (Å²) in [6.45, 7) is 5.47. The monoisotopic (exact) mass is 475 g/mol. The van der Waals surface area contributed by atoms with Crippen LogP contribution >= 0.6 is 0 Å². The summed E-state index contributed by atoms with van der Waals surface area (Å²) in [5.41, 5.74) is 2.22. The number of aromatic hydroxyl groups is 1. The molecule has 1 aromatic carbocycles. The minimum absolute atomic E-state index is 0.0286. The number of hydrogen-bond donors (Lipinski definition) is 2. The molecule has 0 radical (unpaired) electrons. The average molecular weight is 476 g/mol. The molecule has 2 saturated carbocycles. The van der Waals surface area contributed by atoms with Crippen molar-refractivity contribution >= 4 is 11.6 Å². The second kappa shape index (κ2) is 7.20. The van der Waals surface area contributed by atoms with Gasteiger partial charge < -0.3 is 19.8 Å². The van der Waals surface area contributed by atoms with Gasteiger partial charge in [0.05, 0.1) is 17.1 Å². The Labute approximate surface area is 205 Å². The van der Waals surface area contributed by atoms with Crippen LogP contribution in [0.15, 0.2) is 30.5 Å². The van der Waals surface area contributed by atoms with Crippen molar-refractivity contribution in [2.45, 2.75) is 81.6 Å². The molecule has 184 valence electrons. The number of aliphatic hydroxyl groups is 1. The maximum absolute atomic E-state index is 13.1.